The molecular weight excluding hydrogens is 258 g/mol. The van der Waals surface area contributed by atoms with Gasteiger partial charge in [0.25, 0.3) is 0 Å². The van der Waals surface area contributed by atoms with E-state index in [0.29, 0.717) is 35.8 Å². The molecule has 0 bridgehead atoms. The molecule has 0 amide bonds. The zero-order chi connectivity index (χ0) is 14.4. The van der Waals surface area contributed by atoms with Crippen LogP contribution in [-0.4, -0.2) is 18.0 Å². The van der Waals surface area contributed by atoms with Crippen molar-refractivity contribution in [3.05, 3.63) is 47.3 Å². The number of Topliss-reactive ketones (excluding diaryl/α,β-unsaturated/α-hetero) is 1. The number of para-hydroxylation sites is 1. The molecule has 1 aromatic heterocycles. The van der Waals surface area contributed by atoms with Crippen LogP contribution in [0.25, 0.3) is 0 Å². The van der Waals surface area contributed by atoms with Crippen LogP contribution in [0.5, 0.6) is 5.75 Å². The minimum absolute atomic E-state index is 0.0563. The van der Waals surface area contributed by atoms with Crippen molar-refractivity contribution < 1.29 is 18.8 Å². The van der Waals surface area contributed by atoms with Gasteiger partial charge < -0.3 is 14.0 Å². The van der Waals surface area contributed by atoms with E-state index in [1.54, 1.807) is 25.3 Å². The van der Waals surface area contributed by atoms with Gasteiger partial charge in [0, 0.05) is 19.6 Å². The smallest absolute Gasteiger partial charge is 0.166 e. The fourth-order valence-electron chi connectivity index (χ4n) is 1.80. The first-order valence-corrected chi connectivity index (χ1v) is 6.43. The average molecular weight is 275 g/mol. The molecule has 0 radical (unpaired) electrons. The molecule has 0 saturated carbocycles. The highest BCUT2D eigenvalue weighted by atomic mass is 16.5. The number of ether oxygens (including phenoxy) is 2. The van der Waals surface area contributed by atoms with Crippen molar-refractivity contribution in [1.29, 1.82) is 0 Å². The third-order valence-electron chi connectivity index (χ3n) is 2.78. The molecule has 106 valence electrons. The predicted octanol–water partition coefficient (Wildman–Crippen LogP) is 2.99. The molecule has 0 atom stereocenters. The van der Waals surface area contributed by atoms with E-state index >= 15 is 0 Å². The molecule has 5 nitrogen and oxygen atoms in total. The summed E-state index contributed by atoms with van der Waals surface area (Å²) in [6.45, 7) is 2.45. The maximum Gasteiger partial charge on any atom is 0.166 e. The summed E-state index contributed by atoms with van der Waals surface area (Å²) in [6, 6.07) is 8.97. The van der Waals surface area contributed by atoms with E-state index in [2.05, 4.69) is 5.16 Å². The van der Waals surface area contributed by atoms with E-state index in [4.69, 9.17) is 14.0 Å². The fourth-order valence-corrected chi connectivity index (χ4v) is 1.80. The summed E-state index contributed by atoms with van der Waals surface area (Å²) in [4.78, 5) is 11.8. The normalized spacial score (nSPS) is 10.5. The summed E-state index contributed by atoms with van der Waals surface area (Å²) >= 11 is 0. The predicted molar refractivity (Wildman–Crippen MR) is 72.6 cm³/mol. The highest BCUT2D eigenvalue weighted by Gasteiger charge is 2.11. The number of rotatable bonds is 7. The van der Waals surface area contributed by atoms with Gasteiger partial charge in [-0.3, -0.25) is 4.79 Å². The molecule has 0 aliphatic rings. The average Bonchev–Trinajstić information content (AvgIpc) is 2.93. The summed E-state index contributed by atoms with van der Waals surface area (Å²) in [7, 11) is 1.59. The van der Waals surface area contributed by atoms with Gasteiger partial charge in [0.15, 0.2) is 11.5 Å². The number of carbonyl (C=O) groups is 1. The molecule has 0 spiro atoms. The number of benzene rings is 1. The van der Waals surface area contributed by atoms with Crippen LogP contribution in [0, 0.1) is 0 Å². The molecule has 0 N–H and O–H groups in total. The Morgan fingerprint density at radius 1 is 1.30 bits per heavy atom. The Bertz CT molecular complexity index is 577. The lowest BCUT2D eigenvalue weighted by molar-refractivity contribution is 0.0983. The van der Waals surface area contributed by atoms with E-state index in [1.807, 2.05) is 19.1 Å². The maximum atomic E-state index is 11.8. The third kappa shape index (κ3) is 3.45. The van der Waals surface area contributed by atoms with Crippen LogP contribution in [0.3, 0.4) is 0 Å². The highest BCUT2D eigenvalue weighted by molar-refractivity contribution is 5.98. The SMILES string of the molecule is CCC(=O)c1ccccc1OCc1cc(COC)on1. The zero-order valence-corrected chi connectivity index (χ0v) is 11.6. The molecule has 0 aliphatic carbocycles. The van der Waals surface area contributed by atoms with Gasteiger partial charge in [0.05, 0.1) is 5.56 Å². The Morgan fingerprint density at radius 3 is 2.85 bits per heavy atom. The Morgan fingerprint density at radius 2 is 2.10 bits per heavy atom. The minimum atomic E-state index is 0.0563. The standard InChI is InChI=1S/C15H17NO4/c1-3-14(17)13-6-4-5-7-15(13)19-9-11-8-12(10-18-2)20-16-11/h4-8H,3,9-10H2,1-2H3. The number of aromatic nitrogens is 1. The van der Waals surface area contributed by atoms with Crippen molar-refractivity contribution in [3.63, 3.8) is 0 Å². The number of hydrogen-bond acceptors (Lipinski definition) is 5. The summed E-state index contributed by atoms with van der Waals surface area (Å²) in [5.41, 5.74) is 1.26. The van der Waals surface area contributed by atoms with E-state index in [1.165, 1.54) is 0 Å². The Balaban J connectivity index is 2.04. The van der Waals surface area contributed by atoms with Crippen molar-refractivity contribution in [2.24, 2.45) is 0 Å². The van der Waals surface area contributed by atoms with E-state index < -0.39 is 0 Å². The van der Waals surface area contributed by atoms with E-state index in [9.17, 15) is 4.79 Å². The Kier molecular flexibility index (Phi) is 4.90. The molecule has 20 heavy (non-hydrogen) atoms. The number of hydrogen-bond donors (Lipinski definition) is 0. The van der Waals surface area contributed by atoms with Crippen molar-refractivity contribution >= 4 is 5.78 Å². The van der Waals surface area contributed by atoms with Crippen molar-refractivity contribution in [3.8, 4) is 5.75 Å². The lowest BCUT2D eigenvalue weighted by atomic mass is 10.1. The van der Waals surface area contributed by atoms with Gasteiger partial charge in [-0.15, -0.1) is 0 Å². The first-order chi connectivity index (χ1) is 9.74. The molecule has 0 fully saturated rings. The summed E-state index contributed by atoms with van der Waals surface area (Å²) < 4.78 is 15.7. The molecule has 5 heteroatoms. The van der Waals surface area contributed by atoms with Crippen LogP contribution in [-0.2, 0) is 18.0 Å². The van der Waals surface area contributed by atoms with Crippen LogP contribution in [0.1, 0.15) is 35.2 Å². The highest BCUT2D eigenvalue weighted by Crippen LogP contribution is 2.21. The number of nitrogens with zero attached hydrogens (tertiary/aromatic N) is 1. The number of ketones is 1. The van der Waals surface area contributed by atoms with Gasteiger partial charge >= 0.3 is 0 Å². The first kappa shape index (κ1) is 14.3. The molecule has 1 aromatic carbocycles. The van der Waals surface area contributed by atoms with Crippen LogP contribution >= 0.6 is 0 Å². The van der Waals surface area contributed by atoms with Gasteiger partial charge in [0.2, 0.25) is 0 Å². The van der Waals surface area contributed by atoms with Crippen LogP contribution in [0.15, 0.2) is 34.9 Å². The van der Waals surface area contributed by atoms with Crippen molar-refractivity contribution in [2.45, 2.75) is 26.6 Å². The van der Waals surface area contributed by atoms with Gasteiger partial charge in [-0.1, -0.05) is 24.2 Å². The Hall–Kier alpha value is -2.14. The molecule has 2 rings (SSSR count). The topological polar surface area (TPSA) is 61.6 Å². The second-order valence-corrected chi connectivity index (χ2v) is 4.28. The van der Waals surface area contributed by atoms with Crippen molar-refractivity contribution in [1.82, 2.24) is 5.16 Å². The molecule has 0 saturated heterocycles. The zero-order valence-electron chi connectivity index (χ0n) is 11.6. The first-order valence-electron chi connectivity index (χ1n) is 6.43. The molecule has 0 aliphatic heterocycles. The maximum absolute atomic E-state index is 11.8. The van der Waals surface area contributed by atoms with Gasteiger partial charge in [-0.2, -0.15) is 0 Å². The van der Waals surface area contributed by atoms with Crippen LogP contribution in [0.2, 0.25) is 0 Å². The number of methoxy groups -OCH3 is 1. The van der Waals surface area contributed by atoms with Gasteiger partial charge in [-0.25, -0.2) is 0 Å². The minimum Gasteiger partial charge on any atom is -0.486 e. The lowest BCUT2D eigenvalue weighted by Gasteiger charge is -2.08. The monoisotopic (exact) mass is 275 g/mol. The quantitative estimate of drug-likeness (QED) is 0.727. The van der Waals surface area contributed by atoms with Crippen molar-refractivity contribution in [2.75, 3.05) is 7.11 Å². The summed E-state index contributed by atoms with van der Waals surface area (Å²) in [6.07, 6.45) is 0.447. The fraction of sp³-hybridized carbons (Fsp3) is 0.333. The van der Waals surface area contributed by atoms with E-state index in [-0.39, 0.29) is 12.4 Å². The summed E-state index contributed by atoms with van der Waals surface area (Å²) in [5.74, 6) is 1.26. The molecule has 1 heterocycles. The third-order valence-corrected chi connectivity index (χ3v) is 2.78. The number of carbonyl (C=O) groups excluding carboxylic acids is 1. The van der Waals surface area contributed by atoms with Gasteiger partial charge in [-0.05, 0) is 12.1 Å². The second-order valence-electron chi connectivity index (χ2n) is 4.28. The van der Waals surface area contributed by atoms with E-state index in [0.717, 1.165) is 0 Å². The summed E-state index contributed by atoms with van der Waals surface area (Å²) in [5, 5.41) is 3.88. The molecule has 0 unspecified atom stereocenters. The molecular formula is C15H17NO4. The van der Waals surface area contributed by atoms with Crippen LogP contribution in [0.4, 0.5) is 0 Å². The second kappa shape index (κ2) is 6.86. The molecule has 2 aromatic rings. The largest absolute Gasteiger partial charge is 0.486 e. The lowest BCUT2D eigenvalue weighted by Crippen LogP contribution is -2.03. The Labute approximate surface area is 117 Å². The van der Waals surface area contributed by atoms with Gasteiger partial charge in [0.1, 0.15) is 24.7 Å². The van der Waals surface area contributed by atoms with Crippen LogP contribution < -0.4 is 4.74 Å².